The monoisotopic (exact) mass is 406 g/mol. The number of amides is 1. The van der Waals surface area contributed by atoms with Crippen LogP contribution >= 0.6 is 0 Å². The van der Waals surface area contributed by atoms with Crippen LogP contribution < -0.4 is 15.0 Å². The Morgan fingerprint density at radius 3 is 2.52 bits per heavy atom. The lowest BCUT2D eigenvalue weighted by molar-refractivity contribution is -0.137. The molecule has 29 heavy (non-hydrogen) atoms. The molecule has 0 unspecified atom stereocenters. The molecule has 1 aliphatic heterocycles. The van der Waals surface area contributed by atoms with Crippen LogP contribution in [0.25, 0.3) is 0 Å². The van der Waals surface area contributed by atoms with Crippen molar-refractivity contribution >= 4 is 17.4 Å². The zero-order valence-corrected chi connectivity index (χ0v) is 15.9. The van der Waals surface area contributed by atoms with Crippen LogP contribution in [0.2, 0.25) is 0 Å². The number of carbonyl (C=O) groups is 1. The first kappa shape index (κ1) is 19.5. The third kappa shape index (κ3) is 4.13. The van der Waals surface area contributed by atoms with Gasteiger partial charge in [0.25, 0.3) is 5.91 Å². The van der Waals surface area contributed by atoms with Gasteiger partial charge in [-0.2, -0.15) is 13.2 Å². The number of anilines is 2. The van der Waals surface area contributed by atoms with Crippen molar-refractivity contribution in [3.05, 3.63) is 41.7 Å². The van der Waals surface area contributed by atoms with Crippen LogP contribution in [0.15, 0.2) is 30.6 Å². The smallest absolute Gasteiger partial charge is 0.417 e. The van der Waals surface area contributed by atoms with E-state index in [0.29, 0.717) is 24.2 Å². The second kappa shape index (κ2) is 7.20. The number of piperidine rings is 1. The Labute approximate surface area is 166 Å². The Morgan fingerprint density at radius 1 is 1.17 bits per heavy atom. The van der Waals surface area contributed by atoms with Crippen molar-refractivity contribution < 1.29 is 22.7 Å². The van der Waals surface area contributed by atoms with Crippen LogP contribution in [0, 0.1) is 5.41 Å². The highest BCUT2D eigenvalue weighted by Gasteiger charge is 2.45. The lowest BCUT2D eigenvalue weighted by atomic mass is 9.93. The SMILES string of the molecule is COc1cc(NC(=O)c2cc(C(F)(F)F)cnc2N2CCC3(CC2)CC3)ccn1. The molecule has 1 N–H and O–H groups in total. The highest BCUT2D eigenvalue weighted by molar-refractivity contribution is 6.07. The first-order valence-electron chi connectivity index (χ1n) is 9.43. The summed E-state index contributed by atoms with van der Waals surface area (Å²) in [5.41, 5.74) is -0.268. The van der Waals surface area contributed by atoms with E-state index in [4.69, 9.17) is 4.74 Å². The van der Waals surface area contributed by atoms with E-state index in [1.807, 2.05) is 4.90 Å². The highest BCUT2D eigenvalue weighted by Crippen LogP contribution is 2.54. The van der Waals surface area contributed by atoms with Gasteiger partial charge in [0.05, 0.1) is 18.2 Å². The van der Waals surface area contributed by atoms with Crippen molar-refractivity contribution in [2.75, 3.05) is 30.4 Å². The van der Waals surface area contributed by atoms with Crippen molar-refractivity contribution in [1.29, 1.82) is 0 Å². The van der Waals surface area contributed by atoms with Gasteiger partial charge in [-0.25, -0.2) is 9.97 Å². The molecule has 2 aliphatic rings. The van der Waals surface area contributed by atoms with Crippen molar-refractivity contribution in [1.82, 2.24) is 9.97 Å². The zero-order chi connectivity index (χ0) is 20.6. The number of rotatable bonds is 4. The van der Waals surface area contributed by atoms with Crippen LogP contribution in [-0.4, -0.2) is 36.1 Å². The normalized spacial score (nSPS) is 17.9. The van der Waals surface area contributed by atoms with Crippen molar-refractivity contribution in [3.8, 4) is 5.88 Å². The van der Waals surface area contributed by atoms with Gasteiger partial charge < -0.3 is 15.0 Å². The maximum Gasteiger partial charge on any atom is 0.417 e. The minimum Gasteiger partial charge on any atom is -0.481 e. The third-order valence-electron chi connectivity index (χ3n) is 5.72. The molecular weight excluding hydrogens is 385 g/mol. The maximum atomic E-state index is 13.2. The van der Waals surface area contributed by atoms with Crippen LogP contribution in [0.5, 0.6) is 5.88 Å². The van der Waals surface area contributed by atoms with Crippen molar-refractivity contribution in [2.45, 2.75) is 31.9 Å². The predicted molar refractivity (Wildman–Crippen MR) is 101 cm³/mol. The van der Waals surface area contributed by atoms with Gasteiger partial charge in [-0.15, -0.1) is 0 Å². The van der Waals surface area contributed by atoms with E-state index in [1.165, 1.54) is 32.2 Å². The summed E-state index contributed by atoms with van der Waals surface area (Å²) in [7, 11) is 1.44. The maximum absolute atomic E-state index is 13.2. The summed E-state index contributed by atoms with van der Waals surface area (Å²) in [6, 6.07) is 3.91. The van der Waals surface area contributed by atoms with Crippen LogP contribution in [0.3, 0.4) is 0 Å². The number of carbonyl (C=O) groups excluding carboxylic acids is 1. The van der Waals surface area contributed by atoms with E-state index < -0.39 is 17.6 Å². The van der Waals surface area contributed by atoms with E-state index in [-0.39, 0.29) is 17.3 Å². The van der Waals surface area contributed by atoms with Gasteiger partial charge in [0.1, 0.15) is 5.82 Å². The minimum atomic E-state index is -4.58. The largest absolute Gasteiger partial charge is 0.481 e. The molecule has 1 spiro atoms. The van der Waals surface area contributed by atoms with E-state index in [0.717, 1.165) is 25.1 Å². The molecule has 6 nitrogen and oxygen atoms in total. The number of methoxy groups -OCH3 is 1. The number of hydrogen-bond donors (Lipinski definition) is 1. The van der Waals surface area contributed by atoms with E-state index in [1.54, 1.807) is 6.07 Å². The second-order valence-corrected chi connectivity index (χ2v) is 7.62. The Kier molecular flexibility index (Phi) is 4.84. The molecular formula is C20H21F3N4O2. The van der Waals surface area contributed by atoms with Gasteiger partial charge in [-0.05, 0) is 43.2 Å². The number of hydrogen-bond acceptors (Lipinski definition) is 5. The molecule has 4 rings (SSSR count). The standard InChI is InChI=1S/C20H21F3N4O2/c1-29-16-11-14(2-7-24-16)26-18(28)15-10-13(20(21,22)23)12-25-17(15)27-8-5-19(3-4-19)6-9-27/h2,7,10-12H,3-6,8-9H2,1H3,(H,24,26,28). The number of aromatic nitrogens is 2. The quantitative estimate of drug-likeness (QED) is 0.827. The fourth-order valence-corrected chi connectivity index (χ4v) is 3.70. The van der Waals surface area contributed by atoms with Gasteiger partial charge in [0, 0.05) is 37.2 Å². The van der Waals surface area contributed by atoms with Crippen LogP contribution in [-0.2, 0) is 6.18 Å². The fraction of sp³-hybridized carbons (Fsp3) is 0.450. The molecule has 1 saturated heterocycles. The summed E-state index contributed by atoms with van der Waals surface area (Å²) in [5.74, 6) is -0.0819. The summed E-state index contributed by atoms with van der Waals surface area (Å²) in [6.07, 6.45) is 2.01. The van der Waals surface area contributed by atoms with E-state index in [2.05, 4.69) is 15.3 Å². The molecule has 0 aromatic carbocycles. The molecule has 1 amide bonds. The van der Waals surface area contributed by atoms with Gasteiger partial charge in [0.2, 0.25) is 5.88 Å². The Hall–Kier alpha value is -2.84. The summed E-state index contributed by atoms with van der Waals surface area (Å²) in [6.45, 7) is 1.36. The number of nitrogens with zero attached hydrogens (tertiary/aromatic N) is 3. The Morgan fingerprint density at radius 2 is 1.90 bits per heavy atom. The van der Waals surface area contributed by atoms with Gasteiger partial charge in [0.15, 0.2) is 0 Å². The Bertz CT molecular complexity index is 918. The summed E-state index contributed by atoms with van der Waals surface area (Å²) in [5, 5.41) is 2.63. The lowest BCUT2D eigenvalue weighted by Crippen LogP contribution is -2.36. The number of halogens is 3. The molecule has 2 fully saturated rings. The Balaban J connectivity index is 1.63. The van der Waals surface area contributed by atoms with Crippen LogP contribution in [0.4, 0.5) is 24.7 Å². The predicted octanol–water partition coefficient (Wildman–Crippen LogP) is 4.14. The fourth-order valence-electron chi connectivity index (χ4n) is 3.70. The molecule has 3 heterocycles. The first-order chi connectivity index (χ1) is 13.8. The highest BCUT2D eigenvalue weighted by atomic mass is 19.4. The van der Waals surface area contributed by atoms with Gasteiger partial charge in [-0.1, -0.05) is 0 Å². The van der Waals surface area contributed by atoms with E-state index >= 15 is 0 Å². The second-order valence-electron chi connectivity index (χ2n) is 7.62. The molecule has 2 aromatic heterocycles. The zero-order valence-electron chi connectivity index (χ0n) is 15.9. The average molecular weight is 406 g/mol. The molecule has 1 saturated carbocycles. The number of ether oxygens (including phenoxy) is 1. The number of alkyl halides is 3. The van der Waals surface area contributed by atoms with Crippen LogP contribution in [0.1, 0.15) is 41.6 Å². The average Bonchev–Trinajstić information content (AvgIpc) is 3.46. The summed E-state index contributed by atoms with van der Waals surface area (Å²) < 4.78 is 44.7. The summed E-state index contributed by atoms with van der Waals surface area (Å²) >= 11 is 0. The van der Waals surface area contributed by atoms with Crippen molar-refractivity contribution in [2.24, 2.45) is 5.41 Å². The molecule has 9 heteroatoms. The molecule has 0 bridgehead atoms. The molecule has 154 valence electrons. The molecule has 0 atom stereocenters. The van der Waals surface area contributed by atoms with Gasteiger partial charge >= 0.3 is 6.18 Å². The number of nitrogens with one attached hydrogen (secondary N) is 1. The molecule has 2 aromatic rings. The summed E-state index contributed by atoms with van der Waals surface area (Å²) in [4.78, 5) is 22.8. The number of pyridine rings is 2. The topological polar surface area (TPSA) is 67.3 Å². The van der Waals surface area contributed by atoms with Crippen molar-refractivity contribution in [3.63, 3.8) is 0 Å². The molecule has 0 radical (unpaired) electrons. The lowest BCUT2D eigenvalue weighted by Gasteiger charge is -2.34. The van der Waals surface area contributed by atoms with Gasteiger partial charge in [-0.3, -0.25) is 4.79 Å². The third-order valence-corrected chi connectivity index (χ3v) is 5.72. The molecule has 1 aliphatic carbocycles. The first-order valence-corrected chi connectivity index (χ1v) is 9.43. The van der Waals surface area contributed by atoms with E-state index in [9.17, 15) is 18.0 Å². The minimum absolute atomic E-state index is 0.0950.